The molecule has 4 heteroatoms. The summed E-state index contributed by atoms with van der Waals surface area (Å²) >= 11 is -2.35. The molecule has 76 valence electrons. The summed E-state index contributed by atoms with van der Waals surface area (Å²) in [5, 5.41) is 0. The Hall–Kier alpha value is 0.109. The average molecular weight is 290 g/mol. The van der Waals surface area contributed by atoms with Crippen LogP contribution in [-0.4, -0.2) is 18.7 Å². The first-order valence-electron chi connectivity index (χ1n) is 5.31. The van der Waals surface area contributed by atoms with Crippen LogP contribution < -0.4 is 0 Å². The van der Waals surface area contributed by atoms with Crippen LogP contribution in [0, 0.1) is 0 Å². The number of hydrogen-bond donors (Lipinski definition) is 0. The van der Waals surface area contributed by atoms with E-state index in [2.05, 4.69) is 29.0 Å². The van der Waals surface area contributed by atoms with Crippen molar-refractivity contribution in [1.82, 2.24) is 0 Å². The number of azide groups is 1. The number of rotatable bonds is 7. The van der Waals surface area contributed by atoms with E-state index in [1.54, 1.807) is 0 Å². The second kappa shape index (κ2) is 7.51. The van der Waals surface area contributed by atoms with Gasteiger partial charge in [0.25, 0.3) is 0 Å². The summed E-state index contributed by atoms with van der Waals surface area (Å²) in [6, 6.07) is 0. The molecule has 0 aliphatic rings. The van der Waals surface area contributed by atoms with E-state index in [4.69, 9.17) is 5.53 Å². The molecule has 0 aromatic heterocycles. The molecule has 3 nitrogen and oxygen atoms in total. The molecule has 0 rings (SSSR count). The first kappa shape index (κ1) is 13.1. The van der Waals surface area contributed by atoms with Gasteiger partial charge in [-0.25, -0.2) is 0 Å². The van der Waals surface area contributed by atoms with Crippen LogP contribution in [0.3, 0.4) is 0 Å². The third-order valence-electron chi connectivity index (χ3n) is 2.40. The first-order chi connectivity index (χ1) is 6.24. The van der Waals surface area contributed by atoms with Crippen LogP contribution in [0.5, 0.6) is 0 Å². The maximum atomic E-state index is 8.59. The van der Waals surface area contributed by atoms with Crippen LogP contribution in [0.4, 0.5) is 0 Å². The second-order valence-corrected chi connectivity index (χ2v) is 15.5. The second-order valence-electron chi connectivity index (χ2n) is 3.66. The van der Waals surface area contributed by atoms with Crippen LogP contribution in [0.25, 0.3) is 10.4 Å². The molecule has 0 spiro atoms. The molecular weight excluding hydrogens is 269 g/mol. The van der Waals surface area contributed by atoms with Crippen LogP contribution in [0.1, 0.15) is 40.0 Å². The zero-order chi connectivity index (χ0) is 10.2. The van der Waals surface area contributed by atoms with Crippen LogP contribution >= 0.6 is 0 Å². The van der Waals surface area contributed by atoms with Crippen LogP contribution in [0.15, 0.2) is 3.34 Å². The Balaban J connectivity index is 4.46. The molecule has 0 bridgehead atoms. The SMILES string of the molecule is CC[CH2][Sn]([CH2]CC)([CH2]CC)[N]=[N+]=[N-]. The van der Waals surface area contributed by atoms with Crippen molar-refractivity contribution in [1.29, 1.82) is 0 Å². The molecule has 0 aromatic carbocycles. The summed E-state index contributed by atoms with van der Waals surface area (Å²) in [6.45, 7) is 6.59. The van der Waals surface area contributed by atoms with Gasteiger partial charge in [-0.15, -0.1) is 0 Å². The van der Waals surface area contributed by atoms with E-state index in [-0.39, 0.29) is 0 Å². The summed E-state index contributed by atoms with van der Waals surface area (Å²) in [5.41, 5.74) is 8.59. The van der Waals surface area contributed by atoms with Gasteiger partial charge in [-0.3, -0.25) is 0 Å². The van der Waals surface area contributed by atoms with Crippen molar-refractivity contribution < 1.29 is 0 Å². The predicted octanol–water partition coefficient (Wildman–Crippen LogP) is 4.47. The summed E-state index contributed by atoms with van der Waals surface area (Å²) in [4.78, 5) is 3.08. The topological polar surface area (TPSA) is 48.8 Å². The summed E-state index contributed by atoms with van der Waals surface area (Å²) < 4.78 is 7.93. The van der Waals surface area contributed by atoms with Gasteiger partial charge in [0.15, 0.2) is 0 Å². The van der Waals surface area contributed by atoms with Gasteiger partial charge in [0, 0.05) is 0 Å². The van der Waals surface area contributed by atoms with Crippen molar-refractivity contribution in [3.8, 4) is 0 Å². The molecule has 0 aliphatic heterocycles. The first-order valence-corrected chi connectivity index (χ1v) is 12.6. The van der Waals surface area contributed by atoms with Gasteiger partial charge >= 0.3 is 85.8 Å². The third kappa shape index (κ3) is 4.77. The van der Waals surface area contributed by atoms with E-state index in [9.17, 15) is 0 Å². The number of hydrogen-bond acceptors (Lipinski definition) is 1. The molecule has 0 saturated carbocycles. The quantitative estimate of drug-likeness (QED) is 0.287. The van der Waals surface area contributed by atoms with E-state index >= 15 is 0 Å². The minimum atomic E-state index is -2.35. The summed E-state index contributed by atoms with van der Waals surface area (Å²) in [5.74, 6) is 0. The predicted molar refractivity (Wildman–Crippen MR) is 60.2 cm³/mol. The van der Waals surface area contributed by atoms with E-state index in [1.165, 1.54) is 32.6 Å². The fourth-order valence-corrected chi connectivity index (χ4v) is 13.5. The van der Waals surface area contributed by atoms with Gasteiger partial charge in [0.1, 0.15) is 0 Å². The Kier molecular flexibility index (Phi) is 7.57. The molecule has 0 amide bonds. The molecule has 13 heavy (non-hydrogen) atoms. The van der Waals surface area contributed by atoms with Crippen molar-refractivity contribution >= 4 is 18.7 Å². The Labute approximate surface area is 85.8 Å². The van der Waals surface area contributed by atoms with Gasteiger partial charge < -0.3 is 0 Å². The fraction of sp³-hybridized carbons (Fsp3) is 1.00. The van der Waals surface area contributed by atoms with Crippen molar-refractivity contribution in [3.63, 3.8) is 0 Å². The van der Waals surface area contributed by atoms with Crippen molar-refractivity contribution in [2.75, 3.05) is 0 Å². The molecule has 0 N–H and O–H groups in total. The van der Waals surface area contributed by atoms with Gasteiger partial charge in [0.2, 0.25) is 0 Å². The summed E-state index contributed by atoms with van der Waals surface area (Å²) in [6.07, 6.45) is 3.57. The average Bonchev–Trinajstić information content (AvgIpc) is 2.06. The Morgan fingerprint density at radius 2 is 1.38 bits per heavy atom. The molecule has 0 fully saturated rings. The third-order valence-corrected chi connectivity index (χ3v) is 16.1. The van der Waals surface area contributed by atoms with E-state index in [1.807, 2.05) is 0 Å². The standard InChI is InChI=1S/3C3H7.N3.Sn/c4*1-3-2;/h3*1,3H2,2H3;;/q;;;-1;+1. The number of nitrogens with zero attached hydrogens (tertiary/aromatic N) is 3. The molecule has 0 aromatic rings. The van der Waals surface area contributed by atoms with Crippen LogP contribution in [-0.2, 0) is 0 Å². The van der Waals surface area contributed by atoms with Gasteiger partial charge in [0.05, 0.1) is 0 Å². The zero-order valence-electron chi connectivity index (χ0n) is 9.08. The normalized spacial score (nSPS) is 11.0. The van der Waals surface area contributed by atoms with Gasteiger partial charge in [-0.2, -0.15) is 0 Å². The molecule has 0 atom stereocenters. The molecular formula is C9H21N3Sn. The Bertz CT molecular complexity index is 159. The Morgan fingerprint density at radius 3 is 1.62 bits per heavy atom. The van der Waals surface area contributed by atoms with Crippen LogP contribution in [0.2, 0.25) is 13.3 Å². The molecule has 0 unspecified atom stereocenters. The molecule has 0 saturated heterocycles. The summed E-state index contributed by atoms with van der Waals surface area (Å²) in [7, 11) is 0. The van der Waals surface area contributed by atoms with E-state index in [0.29, 0.717) is 0 Å². The van der Waals surface area contributed by atoms with Crippen molar-refractivity contribution in [2.24, 2.45) is 3.34 Å². The maximum absolute atomic E-state index is 8.59. The van der Waals surface area contributed by atoms with Gasteiger partial charge in [-0.05, 0) is 0 Å². The molecule has 0 heterocycles. The van der Waals surface area contributed by atoms with Gasteiger partial charge in [-0.1, -0.05) is 0 Å². The monoisotopic (exact) mass is 291 g/mol. The van der Waals surface area contributed by atoms with Crippen molar-refractivity contribution in [3.05, 3.63) is 10.4 Å². The zero-order valence-corrected chi connectivity index (χ0v) is 11.9. The minimum absolute atomic E-state index is 1.19. The fourth-order valence-electron chi connectivity index (χ4n) is 2.02. The molecule has 0 aliphatic carbocycles. The van der Waals surface area contributed by atoms with E-state index < -0.39 is 18.7 Å². The molecule has 0 radical (unpaired) electrons. The Morgan fingerprint density at radius 1 is 1.00 bits per heavy atom. The van der Waals surface area contributed by atoms with Crippen molar-refractivity contribution in [2.45, 2.75) is 53.3 Å². The van der Waals surface area contributed by atoms with E-state index in [0.717, 1.165) is 0 Å².